The molecule has 0 fully saturated rings. The molecule has 164 valence electrons. The predicted molar refractivity (Wildman–Crippen MR) is 99.9 cm³/mol. The number of anilines is 1. The van der Waals surface area contributed by atoms with Gasteiger partial charge in [0.25, 0.3) is 11.8 Å². The van der Waals surface area contributed by atoms with Gasteiger partial charge in [-0.05, 0) is 6.07 Å². The summed E-state index contributed by atoms with van der Waals surface area (Å²) in [5.41, 5.74) is -1.87. The number of carbonyl (C=O) groups excluding carboxylic acids is 2. The van der Waals surface area contributed by atoms with E-state index in [2.05, 4.69) is 9.57 Å². The van der Waals surface area contributed by atoms with Crippen molar-refractivity contribution in [3.05, 3.63) is 58.7 Å². The summed E-state index contributed by atoms with van der Waals surface area (Å²) in [6.45, 7) is -0.727. The van der Waals surface area contributed by atoms with Crippen molar-refractivity contribution in [3.8, 4) is 16.9 Å². The number of rotatable bonds is 6. The molecule has 2 aromatic carbocycles. The highest BCUT2D eigenvalue weighted by Gasteiger charge is 2.31. The minimum absolute atomic E-state index is 0.214. The van der Waals surface area contributed by atoms with Gasteiger partial charge in [-0.3, -0.25) is 14.4 Å². The number of ether oxygens (including phenoxy) is 2. The molecule has 3 rings (SSSR count). The Bertz CT molecular complexity index is 1160. The van der Waals surface area contributed by atoms with Crippen molar-refractivity contribution < 1.29 is 45.6 Å². The first-order valence-corrected chi connectivity index (χ1v) is 8.55. The number of nitrogens with one attached hydrogen (secondary N) is 2. The summed E-state index contributed by atoms with van der Waals surface area (Å²) < 4.78 is 90.5. The van der Waals surface area contributed by atoms with Gasteiger partial charge in [-0.15, -0.1) is 0 Å². The molecule has 0 bridgehead atoms. The fourth-order valence-corrected chi connectivity index (χ4v) is 2.92. The second-order valence-electron chi connectivity index (χ2n) is 6.14. The lowest BCUT2D eigenvalue weighted by molar-refractivity contribution is -0.127. The van der Waals surface area contributed by atoms with Gasteiger partial charge < -0.3 is 14.8 Å². The van der Waals surface area contributed by atoms with Gasteiger partial charge in [0, 0.05) is 5.56 Å². The van der Waals surface area contributed by atoms with Crippen molar-refractivity contribution in [2.45, 2.75) is 0 Å². The van der Waals surface area contributed by atoms with Crippen LogP contribution in [0.1, 0.15) is 4.11 Å². The number of carbonyl (C=O) groups is 2. The van der Waals surface area contributed by atoms with Crippen molar-refractivity contribution in [2.24, 2.45) is 0 Å². The lowest BCUT2D eigenvalue weighted by Crippen LogP contribution is -2.27. The second kappa shape index (κ2) is 9.14. The molecule has 1 aliphatic heterocycles. The van der Waals surface area contributed by atoms with E-state index in [-0.39, 0.29) is 17.8 Å². The van der Waals surface area contributed by atoms with Crippen LogP contribution in [0.25, 0.3) is 11.1 Å². The van der Waals surface area contributed by atoms with E-state index >= 15 is 0 Å². The highest BCUT2D eigenvalue weighted by Crippen LogP contribution is 2.38. The molecule has 0 aromatic heterocycles. The quantitative estimate of drug-likeness (QED) is 0.408. The van der Waals surface area contributed by atoms with E-state index in [0.29, 0.717) is 0 Å². The molecule has 1 aliphatic rings. The molecule has 0 radical (unpaired) electrons. The Morgan fingerprint density at radius 3 is 2.23 bits per heavy atom. The third-order valence-electron chi connectivity index (χ3n) is 4.37. The number of benzene rings is 2. The number of para-hydroxylation sites is 1. The van der Waals surface area contributed by atoms with Gasteiger partial charge in [0.1, 0.15) is 11.4 Å². The lowest BCUT2D eigenvalue weighted by Gasteiger charge is -2.15. The van der Waals surface area contributed by atoms with Crippen LogP contribution in [0.3, 0.4) is 0 Å². The van der Waals surface area contributed by atoms with Crippen molar-refractivity contribution in [2.75, 3.05) is 32.7 Å². The van der Waals surface area contributed by atoms with Crippen LogP contribution in [0.2, 0.25) is 0 Å². The monoisotopic (exact) mass is 443 g/mol. The Hall–Kier alpha value is -3.44. The van der Waals surface area contributed by atoms with E-state index in [1.54, 1.807) is 5.32 Å². The van der Waals surface area contributed by atoms with Gasteiger partial charge in [-0.1, -0.05) is 18.2 Å². The summed E-state index contributed by atoms with van der Waals surface area (Å²) in [5.74, 6) is -10.4. The maximum Gasteiger partial charge on any atom is 0.273 e. The molecule has 0 unspecified atom stereocenters. The predicted octanol–water partition coefficient (Wildman–Crippen LogP) is 2.86. The summed E-state index contributed by atoms with van der Waals surface area (Å²) >= 11 is 0. The van der Waals surface area contributed by atoms with Gasteiger partial charge in [0.15, 0.2) is 23.3 Å². The van der Waals surface area contributed by atoms with E-state index in [0.717, 1.165) is 19.2 Å². The standard InChI is InChI=1S/C20H16F4N2O5/c1-29-12-6-4-3-5-9(12)13-14(21)16(23)18(17(24)15(13)22)25-19(27)10-7-31-8-11(10)20(28)26-30-2/h3-6H,7-8H2,1-2H3,(H,25,27)(H,26,28)/i1D3. The molecule has 0 saturated heterocycles. The van der Waals surface area contributed by atoms with Crippen molar-refractivity contribution in [1.29, 1.82) is 0 Å². The summed E-state index contributed by atoms with van der Waals surface area (Å²) in [6.07, 6.45) is 0. The fraction of sp³-hybridized carbons (Fsp3) is 0.200. The van der Waals surface area contributed by atoms with Crippen LogP contribution in [0.15, 0.2) is 35.4 Å². The lowest BCUT2D eigenvalue weighted by atomic mass is 10.0. The normalized spacial score (nSPS) is 15.2. The zero-order valence-corrected chi connectivity index (χ0v) is 15.8. The first-order chi connectivity index (χ1) is 16.0. The van der Waals surface area contributed by atoms with Crippen molar-refractivity contribution in [1.82, 2.24) is 5.48 Å². The highest BCUT2D eigenvalue weighted by atomic mass is 19.2. The first-order valence-electron chi connectivity index (χ1n) is 10.0. The maximum atomic E-state index is 14.9. The maximum absolute atomic E-state index is 14.9. The molecule has 31 heavy (non-hydrogen) atoms. The van der Waals surface area contributed by atoms with E-state index in [4.69, 9.17) is 8.85 Å². The van der Waals surface area contributed by atoms with Gasteiger partial charge >= 0.3 is 0 Å². The first kappa shape index (κ1) is 18.3. The minimum atomic E-state index is -3.02. The smallest absolute Gasteiger partial charge is 0.273 e. The zero-order chi connectivity index (χ0) is 25.2. The molecule has 0 saturated carbocycles. The van der Waals surface area contributed by atoms with Crippen LogP contribution in [0.5, 0.6) is 5.75 Å². The summed E-state index contributed by atoms with van der Waals surface area (Å²) in [7, 11) is -1.88. The highest BCUT2D eigenvalue weighted by molar-refractivity contribution is 6.10. The van der Waals surface area contributed by atoms with Crippen LogP contribution in [0, 0.1) is 23.3 Å². The Kier molecular flexibility index (Phi) is 5.41. The number of halogens is 4. The SMILES string of the molecule is [2H]C([2H])([2H])Oc1ccccc1-c1c(F)c(F)c(NC(=O)C2=C(C(=O)NOC)COC2)c(F)c1F. The van der Waals surface area contributed by atoms with E-state index in [9.17, 15) is 27.2 Å². The third-order valence-corrected chi connectivity index (χ3v) is 4.37. The molecule has 2 aromatic rings. The van der Waals surface area contributed by atoms with Crippen LogP contribution >= 0.6 is 0 Å². The van der Waals surface area contributed by atoms with E-state index < -0.39 is 71.3 Å². The fourth-order valence-electron chi connectivity index (χ4n) is 2.92. The van der Waals surface area contributed by atoms with E-state index in [1.807, 2.05) is 5.48 Å². The second-order valence-corrected chi connectivity index (χ2v) is 6.14. The van der Waals surface area contributed by atoms with Crippen LogP contribution in [0.4, 0.5) is 23.2 Å². The third kappa shape index (κ3) is 4.09. The Labute approximate surface area is 177 Å². The molecule has 11 heteroatoms. The molecule has 0 atom stereocenters. The van der Waals surface area contributed by atoms with Gasteiger partial charge in [-0.2, -0.15) is 0 Å². The molecular formula is C20H16F4N2O5. The van der Waals surface area contributed by atoms with Gasteiger partial charge in [-0.25, -0.2) is 23.0 Å². The Morgan fingerprint density at radius 1 is 1.00 bits per heavy atom. The van der Waals surface area contributed by atoms with E-state index in [1.165, 1.54) is 12.1 Å². The van der Waals surface area contributed by atoms with Gasteiger partial charge in [0.2, 0.25) is 0 Å². The van der Waals surface area contributed by atoms with Crippen LogP contribution in [-0.2, 0) is 19.2 Å². The van der Waals surface area contributed by atoms with Gasteiger partial charge in [0.05, 0.1) is 48.2 Å². The molecule has 0 aliphatic carbocycles. The number of hydrogen-bond acceptors (Lipinski definition) is 5. The average Bonchev–Trinajstić information content (AvgIpc) is 3.26. The number of hydroxylamine groups is 1. The van der Waals surface area contributed by atoms with Crippen LogP contribution < -0.4 is 15.5 Å². The average molecular weight is 443 g/mol. The topological polar surface area (TPSA) is 85.9 Å². The Morgan fingerprint density at radius 2 is 1.61 bits per heavy atom. The molecule has 7 nitrogen and oxygen atoms in total. The number of hydrogen-bond donors (Lipinski definition) is 2. The Balaban J connectivity index is 2.04. The van der Waals surface area contributed by atoms with Crippen molar-refractivity contribution in [3.63, 3.8) is 0 Å². The number of methoxy groups -OCH3 is 1. The largest absolute Gasteiger partial charge is 0.496 e. The minimum Gasteiger partial charge on any atom is -0.496 e. The molecule has 2 N–H and O–H groups in total. The summed E-state index contributed by atoms with van der Waals surface area (Å²) in [4.78, 5) is 28.9. The summed E-state index contributed by atoms with van der Waals surface area (Å²) in [6, 6.07) is 4.58. The van der Waals surface area contributed by atoms with Crippen molar-refractivity contribution >= 4 is 17.5 Å². The molecule has 1 heterocycles. The number of amides is 2. The zero-order valence-electron chi connectivity index (χ0n) is 18.8. The molecule has 0 spiro atoms. The van der Waals surface area contributed by atoms with Crippen LogP contribution in [-0.4, -0.2) is 39.2 Å². The summed E-state index contributed by atoms with van der Waals surface area (Å²) in [5, 5.41) is 1.71. The molecular weight excluding hydrogens is 424 g/mol. The molecule has 2 amide bonds.